The van der Waals surface area contributed by atoms with Crippen LogP contribution in [0.4, 0.5) is 0 Å². The Morgan fingerprint density at radius 1 is 1.48 bits per heavy atom. The van der Waals surface area contributed by atoms with Crippen LogP contribution in [-0.4, -0.2) is 29.4 Å². The van der Waals surface area contributed by atoms with E-state index in [0.717, 1.165) is 17.8 Å². The van der Waals surface area contributed by atoms with Gasteiger partial charge in [-0.15, -0.1) is 23.5 Å². The van der Waals surface area contributed by atoms with Crippen LogP contribution in [0.5, 0.6) is 0 Å². The van der Waals surface area contributed by atoms with Gasteiger partial charge in [0.05, 0.1) is 28.8 Å². The number of halogens is 1. The summed E-state index contributed by atoms with van der Waals surface area (Å²) in [5, 5.41) is 13.0. The predicted molar refractivity (Wildman–Crippen MR) is 110 cm³/mol. The Labute approximate surface area is 162 Å². The van der Waals surface area contributed by atoms with Gasteiger partial charge in [-0.3, -0.25) is 0 Å². The Balaban J connectivity index is 2.34. The van der Waals surface area contributed by atoms with Gasteiger partial charge < -0.3 is 9.88 Å². The highest BCUT2D eigenvalue weighted by molar-refractivity contribution is 8.22. The van der Waals surface area contributed by atoms with Crippen LogP contribution in [0.3, 0.4) is 0 Å². The Kier molecular flexibility index (Phi) is 7.45. The molecule has 0 fully saturated rings. The second kappa shape index (κ2) is 9.35. The van der Waals surface area contributed by atoms with Crippen molar-refractivity contribution in [1.29, 1.82) is 5.26 Å². The maximum Gasteiger partial charge on any atom is 0.101 e. The van der Waals surface area contributed by atoms with Gasteiger partial charge in [-0.2, -0.15) is 5.26 Å². The minimum Gasteiger partial charge on any atom is -0.334 e. The molecular weight excluding hydrogens is 372 g/mol. The van der Waals surface area contributed by atoms with E-state index in [-0.39, 0.29) is 5.25 Å². The zero-order valence-electron chi connectivity index (χ0n) is 14.7. The van der Waals surface area contributed by atoms with Crippen molar-refractivity contribution in [3.8, 4) is 6.07 Å². The molecule has 132 valence electrons. The van der Waals surface area contributed by atoms with Crippen LogP contribution in [-0.2, 0) is 7.05 Å². The standard InChI is InChI=1S/C18H21ClN4S2/c1-12(13-5-6-14(8-20)16(19)7-13)25-18(24-4)15(9-21-2)17-10-22-11-23(17)3/h5-7,10-12,21H,9H2,1-4H3. The third-order valence-electron chi connectivity index (χ3n) is 3.78. The fraction of sp³-hybridized carbons (Fsp3) is 0.333. The second-order valence-electron chi connectivity index (χ2n) is 5.50. The molecule has 0 aliphatic carbocycles. The van der Waals surface area contributed by atoms with Crippen molar-refractivity contribution in [1.82, 2.24) is 14.9 Å². The van der Waals surface area contributed by atoms with E-state index in [2.05, 4.69) is 29.5 Å². The molecule has 0 aliphatic heterocycles. The average molecular weight is 393 g/mol. The van der Waals surface area contributed by atoms with Crippen molar-refractivity contribution < 1.29 is 0 Å². The number of imidazole rings is 1. The largest absolute Gasteiger partial charge is 0.334 e. The van der Waals surface area contributed by atoms with Gasteiger partial charge in [0, 0.05) is 28.7 Å². The lowest BCUT2D eigenvalue weighted by Crippen LogP contribution is -2.12. The number of thioether (sulfide) groups is 2. The number of aromatic nitrogens is 2. The molecule has 0 bridgehead atoms. The van der Waals surface area contributed by atoms with Gasteiger partial charge in [0.1, 0.15) is 6.07 Å². The summed E-state index contributed by atoms with van der Waals surface area (Å²) in [6.45, 7) is 2.92. The van der Waals surface area contributed by atoms with Crippen LogP contribution in [0.1, 0.15) is 29.0 Å². The van der Waals surface area contributed by atoms with Gasteiger partial charge >= 0.3 is 0 Å². The Hall–Kier alpha value is -1.39. The molecule has 0 amide bonds. The van der Waals surface area contributed by atoms with Crippen LogP contribution in [0.15, 0.2) is 35.0 Å². The highest BCUT2D eigenvalue weighted by Gasteiger charge is 2.17. The molecule has 0 saturated heterocycles. The highest BCUT2D eigenvalue weighted by atomic mass is 35.5. The minimum atomic E-state index is 0.216. The Bertz CT molecular complexity index is 808. The molecular formula is C18H21ClN4S2. The van der Waals surface area contributed by atoms with Crippen LogP contribution in [0, 0.1) is 11.3 Å². The summed E-state index contributed by atoms with van der Waals surface area (Å²) in [4.78, 5) is 4.24. The van der Waals surface area contributed by atoms with E-state index in [0.29, 0.717) is 10.6 Å². The number of hydrogen-bond donors (Lipinski definition) is 1. The monoisotopic (exact) mass is 392 g/mol. The zero-order chi connectivity index (χ0) is 18.4. The van der Waals surface area contributed by atoms with Crippen LogP contribution in [0.25, 0.3) is 5.57 Å². The molecule has 1 unspecified atom stereocenters. The molecule has 1 atom stereocenters. The molecule has 2 rings (SSSR count). The maximum absolute atomic E-state index is 9.03. The normalized spacial score (nSPS) is 13.3. The van der Waals surface area contributed by atoms with Crippen molar-refractivity contribution in [2.24, 2.45) is 7.05 Å². The number of nitrogens with zero attached hydrogens (tertiary/aromatic N) is 3. The molecule has 0 spiro atoms. The van der Waals surface area contributed by atoms with Crippen molar-refractivity contribution in [2.45, 2.75) is 12.2 Å². The molecule has 4 nitrogen and oxygen atoms in total. The van der Waals surface area contributed by atoms with Gasteiger partial charge in [0.25, 0.3) is 0 Å². The number of aryl methyl sites for hydroxylation is 1. The number of benzene rings is 1. The maximum atomic E-state index is 9.03. The third-order valence-corrected chi connectivity index (χ3v) is 6.58. The fourth-order valence-corrected chi connectivity index (χ4v) is 4.83. The first-order valence-corrected chi connectivity index (χ1v) is 10.2. The smallest absolute Gasteiger partial charge is 0.101 e. The topological polar surface area (TPSA) is 53.6 Å². The lowest BCUT2D eigenvalue weighted by Gasteiger charge is -2.18. The van der Waals surface area contributed by atoms with Gasteiger partial charge in [-0.1, -0.05) is 17.7 Å². The predicted octanol–water partition coefficient (Wildman–Crippen LogP) is 4.69. The van der Waals surface area contributed by atoms with Gasteiger partial charge in [-0.05, 0) is 37.9 Å². The lowest BCUT2D eigenvalue weighted by atomic mass is 10.1. The molecule has 1 aromatic heterocycles. The van der Waals surface area contributed by atoms with Crippen LogP contribution < -0.4 is 5.32 Å². The minimum absolute atomic E-state index is 0.216. The molecule has 0 radical (unpaired) electrons. The molecule has 0 saturated carbocycles. The Morgan fingerprint density at radius 2 is 2.24 bits per heavy atom. The van der Waals surface area contributed by atoms with E-state index in [9.17, 15) is 0 Å². The first-order chi connectivity index (χ1) is 12.0. The summed E-state index contributed by atoms with van der Waals surface area (Å²) in [6, 6.07) is 7.75. The van der Waals surface area contributed by atoms with Crippen molar-refractivity contribution in [3.63, 3.8) is 0 Å². The summed E-state index contributed by atoms with van der Waals surface area (Å²) >= 11 is 9.72. The number of nitrogens with one attached hydrogen (secondary N) is 1. The first kappa shape index (κ1) is 19.9. The fourth-order valence-electron chi connectivity index (χ4n) is 2.44. The van der Waals surface area contributed by atoms with Gasteiger partial charge in [0.2, 0.25) is 0 Å². The highest BCUT2D eigenvalue weighted by Crippen LogP contribution is 2.43. The van der Waals surface area contributed by atoms with E-state index in [1.54, 1.807) is 29.6 Å². The summed E-state index contributed by atoms with van der Waals surface area (Å²) in [7, 11) is 3.95. The van der Waals surface area contributed by atoms with E-state index in [4.69, 9.17) is 16.9 Å². The lowest BCUT2D eigenvalue weighted by molar-refractivity contribution is 0.870. The van der Waals surface area contributed by atoms with E-state index in [1.807, 2.05) is 43.3 Å². The second-order valence-corrected chi connectivity index (χ2v) is 8.33. The number of nitriles is 1. The summed E-state index contributed by atoms with van der Waals surface area (Å²) in [5.74, 6) is 0. The molecule has 1 aromatic carbocycles. The Morgan fingerprint density at radius 3 is 2.76 bits per heavy atom. The number of likely N-dealkylation sites (N-methyl/N-ethyl adjacent to an activating group) is 1. The first-order valence-electron chi connectivity index (χ1n) is 7.76. The summed E-state index contributed by atoms with van der Waals surface area (Å²) in [6.07, 6.45) is 5.80. The number of rotatable bonds is 7. The van der Waals surface area contributed by atoms with Crippen LogP contribution in [0.2, 0.25) is 5.02 Å². The molecule has 0 aliphatic rings. The summed E-state index contributed by atoms with van der Waals surface area (Å²) < 4.78 is 3.28. The molecule has 2 aromatic rings. The molecule has 7 heteroatoms. The molecule has 25 heavy (non-hydrogen) atoms. The van der Waals surface area contributed by atoms with E-state index >= 15 is 0 Å². The SMILES string of the molecule is CNCC(=C(SC)SC(C)c1ccc(C#N)c(Cl)c1)c1cncn1C. The average Bonchev–Trinajstić information content (AvgIpc) is 3.03. The van der Waals surface area contributed by atoms with Crippen molar-refractivity contribution in [3.05, 3.63) is 56.8 Å². The van der Waals surface area contributed by atoms with Crippen LogP contribution >= 0.6 is 35.1 Å². The number of hydrogen-bond acceptors (Lipinski definition) is 5. The van der Waals surface area contributed by atoms with Crippen molar-refractivity contribution in [2.75, 3.05) is 19.8 Å². The summed E-state index contributed by atoms with van der Waals surface area (Å²) in [5.41, 5.74) is 3.95. The zero-order valence-corrected chi connectivity index (χ0v) is 17.1. The van der Waals surface area contributed by atoms with Gasteiger partial charge in [-0.25, -0.2) is 4.98 Å². The van der Waals surface area contributed by atoms with E-state index < -0.39 is 0 Å². The molecule has 1 N–H and O–H groups in total. The van der Waals surface area contributed by atoms with E-state index in [1.165, 1.54) is 9.81 Å². The third kappa shape index (κ3) is 4.83. The van der Waals surface area contributed by atoms with Gasteiger partial charge in [0.15, 0.2) is 0 Å². The van der Waals surface area contributed by atoms with Crippen molar-refractivity contribution >= 4 is 40.7 Å². The molecule has 1 heterocycles. The quantitative estimate of drug-likeness (QED) is 0.740.